The van der Waals surface area contributed by atoms with E-state index in [9.17, 15) is 19.2 Å². The molecule has 0 aromatic rings. The number of carbonyl (C=O) groups excluding carboxylic acids is 4. The third-order valence-electron chi connectivity index (χ3n) is 2.96. The van der Waals surface area contributed by atoms with Crippen LogP contribution in [0.2, 0.25) is 0 Å². The maximum atomic E-state index is 12.2. The van der Waals surface area contributed by atoms with E-state index in [-0.39, 0.29) is 5.92 Å². The lowest BCUT2D eigenvalue weighted by Crippen LogP contribution is -2.38. The zero-order valence-electron chi connectivity index (χ0n) is 19.4. The minimum absolute atomic E-state index is 0.337. The minimum Gasteiger partial charge on any atom is -0.458 e. The van der Waals surface area contributed by atoms with Crippen molar-refractivity contribution in [3.63, 3.8) is 0 Å². The summed E-state index contributed by atoms with van der Waals surface area (Å²) in [5.41, 5.74) is -2.97. The van der Waals surface area contributed by atoms with Gasteiger partial charge in [-0.3, -0.25) is 9.78 Å². The molecule has 0 radical (unpaired) electrons. The van der Waals surface area contributed by atoms with Gasteiger partial charge in [-0.25, -0.2) is 19.2 Å². The van der Waals surface area contributed by atoms with Gasteiger partial charge in [0.15, 0.2) is 0 Å². The van der Waals surface area contributed by atoms with Gasteiger partial charge in [0.05, 0.1) is 6.42 Å². The van der Waals surface area contributed by atoms with E-state index in [1.54, 1.807) is 55.4 Å². The normalized spacial score (nSPS) is 13.4. The molecular formula is C20H34O10. The first kappa shape index (κ1) is 27.8. The Balaban J connectivity index is 4.73. The van der Waals surface area contributed by atoms with Crippen LogP contribution in [0.3, 0.4) is 0 Å². The van der Waals surface area contributed by atoms with E-state index in [2.05, 4.69) is 4.89 Å². The molecule has 0 heterocycles. The molecule has 0 amide bonds. The van der Waals surface area contributed by atoms with Crippen LogP contribution in [-0.2, 0) is 48.2 Å². The van der Waals surface area contributed by atoms with E-state index in [1.165, 1.54) is 13.8 Å². The minimum atomic E-state index is -1.42. The average molecular weight is 434 g/mol. The summed E-state index contributed by atoms with van der Waals surface area (Å²) in [5.74, 6) is -4.64. The van der Waals surface area contributed by atoms with E-state index >= 15 is 0 Å². The highest BCUT2D eigenvalue weighted by Crippen LogP contribution is 2.19. The van der Waals surface area contributed by atoms with Gasteiger partial charge in [0, 0.05) is 0 Å². The Labute approximate surface area is 177 Å². The predicted octanol–water partition coefficient (Wildman–Crippen LogP) is 2.81. The lowest BCUT2D eigenvalue weighted by Gasteiger charge is -2.26. The highest BCUT2D eigenvalue weighted by Gasteiger charge is 2.35. The van der Waals surface area contributed by atoms with Gasteiger partial charge in [-0.15, -0.1) is 0 Å². The van der Waals surface area contributed by atoms with Crippen LogP contribution < -0.4 is 0 Å². The molecule has 0 aromatic carbocycles. The SMILES string of the molecule is CC(C)C(OOC(=O)CC(C)(C)OC(=O)C(=O)OOC(C)(C)C)C(=O)OC(C)(C)C. The molecule has 0 aliphatic heterocycles. The first-order chi connectivity index (χ1) is 13.3. The topological polar surface area (TPSA) is 124 Å². The van der Waals surface area contributed by atoms with Crippen LogP contribution in [0, 0.1) is 5.92 Å². The van der Waals surface area contributed by atoms with Crippen molar-refractivity contribution in [3.8, 4) is 0 Å². The molecule has 0 rings (SSSR count). The van der Waals surface area contributed by atoms with Gasteiger partial charge >= 0.3 is 23.9 Å². The number of carbonyl (C=O) groups is 4. The molecule has 174 valence electrons. The highest BCUT2D eigenvalue weighted by molar-refractivity contribution is 6.29. The largest absolute Gasteiger partial charge is 0.458 e. The molecule has 0 fully saturated rings. The number of hydrogen-bond acceptors (Lipinski definition) is 10. The van der Waals surface area contributed by atoms with Crippen LogP contribution in [0.4, 0.5) is 0 Å². The maximum absolute atomic E-state index is 12.2. The summed E-state index contributed by atoms with van der Waals surface area (Å²) < 4.78 is 10.2. The average Bonchev–Trinajstić information content (AvgIpc) is 2.48. The van der Waals surface area contributed by atoms with Crippen molar-refractivity contribution in [2.24, 2.45) is 5.92 Å². The van der Waals surface area contributed by atoms with Crippen LogP contribution in [0.5, 0.6) is 0 Å². The molecule has 1 atom stereocenters. The molecule has 30 heavy (non-hydrogen) atoms. The molecule has 1 unspecified atom stereocenters. The Kier molecular flexibility index (Phi) is 9.93. The van der Waals surface area contributed by atoms with E-state index in [0.29, 0.717) is 0 Å². The fourth-order valence-corrected chi connectivity index (χ4v) is 1.79. The summed E-state index contributed by atoms with van der Waals surface area (Å²) in [6.45, 7) is 16.1. The fourth-order valence-electron chi connectivity index (χ4n) is 1.79. The van der Waals surface area contributed by atoms with Gasteiger partial charge in [-0.2, -0.15) is 9.78 Å². The van der Waals surface area contributed by atoms with Crippen molar-refractivity contribution in [2.45, 2.75) is 98.6 Å². The van der Waals surface area contributed by atoms with Crippen LogP contribution in [0.25, 0.3) is 0 Å². The Bertz CT molecular complexity index is 622. The Hall–Kier alpha value is -2.20. The van der Waals surface area contributed by atoms with Gasteiger partial charge in [0.2, 0.25) is 6.10 Å². The van der Waals surface area contributed by atoms with Crippen LogP contribution in [0.15, 0.2) is 0 Å². The Morgan fingerprint density at radius 1 is 0.733 bits per heavy atom. The third kappa shape index (κ3) is 12.4. The molecule has 10 heteroatoms. The van der Waals surface area contributed by atoms with Crippen LogP contribution in [0.1, 0.15) is 75.7 Å². The lowest BCUT2D eigenvalue weighted by atomic mass is 10.1. The third-order valence-corrected chi connectivity index (χ3v) is 2.96. The molecule has 10 nitrogen and oxygen atoms in total. The molecule has 0 spiro atoms. The van der Waals surface area contributed by atoms with Gasteiger partial charge in [-0.1, -0.05) is 13.8 Å². The number of ether oxygens (including phenoxy) is 2. The summed E-state index contributed by atoms with van der Waals surface area (Å²) >= 11 is 0. The van der Waals surface area contributed by atoms with Gasteiger partial charge in [0.1, 0.15) is 16.8 Å². The fraction of sp³-hybridized carbons (Fsp3) is 0.800. The highest BCUT2D eigenvalue weighted by atomic mass is 17.2. The zero-order chi connectivity index (χ0) is 23.9. The zero-order valence-corrected chi connectivity index (χ0v) is 19.4. The maximum Gasteiger partial charge on any atom is 0.449 e. The Morgan fingerprint density at radius 2 is 1.27 bits per heavy atom. The molecule has 0 saturated heterocycles. The first-order valence-corrected chi connectivity index (χ1v) is 9.55. The van der Waals surface area contributed by atoms with Crippen molar-refractivity contribution >= 4 is 23.9 Å². The van der Waals surface area contributed by atoms with E-state index in [0.717, 1.165) is 0 Å². The molecular weight excluding hydrogens is 400 g/mol. The quantitative estimate of drug-likeness (QED) is 0.244. The number of esters is 2. The van der Waals surface area contributed by atoms with E-state index in [4.69, 9.17) is 24.1 Å². The monoisotopic (exact) mass is 434 g/mol. The first-order valence-electron chi connectivity index (χ1n) is 9.55. The molecule has 0 aromatic heterocycles. The van der Waals surface area contributed by atoms with Crippen LogP contribution in [-0.4, -0.2) is 46.8 Å². The van der Waals surface area contributed by atoms with Gasteiger partial charge < -0.3 is 9.47 Å². The summed E-state index contributed by atoms with van der Waals surface area (Å²) in [5, 5.41) is 0. The summed E-state index contributed by atoms with van der Waals surface area (Å²) in [7, 11) is 0. The van der Waals surface area contributed by atoms with Crippen molar-refractivity contribution in [1.29, 1.82) is 0 Å². The Morgan fingerprint density at radius 3 is 1.70 bits per heavy atom. The van der Waals surface area contributed by atoms with Crippen molar-refractivity contribution < 1.29 is 48.2 Å². The van der Waals surface area contributed by atoms with Crippen LogP contribution >= 0.6 is 0 Å². The van der Waals surface area contributed by atoms with E-state index < -0.39 is 53.2 Å². The molecule has 0 aliphatic rings. The second-order valence-electron chi connectivity index (χ2n) is 9.64. The summed E-state index contributed by atoms with van der Waals surface area (Å²) in [6.07, 6.45) is -1.59. The molecule has 0 aliphatic carbocycles. The second-order valence-corrected chi connectivity index (χ2v) is 9.64. The van der Waals surface area contributed by atoms with Gasteiger partial charge in [-0.05, 0) is 61.3 Å². The second kappa shape index (κ2) is 10.7. The summed E-state index contributed by atoms with van der Waals surface area (Å²) in [6, 6.07) is 0. The smallest absolute Gasteiger partial charge is 0.449 e. The van der Waals surface area contributed by atoms with Crippen molar-refractivity contribution in [3.05, 3.63) is 0 Å². The van der Waals surface area contributed by atoms with Crippen molar-refractivity contribution in [1.82, 2.24) is 0 Å². The number of rotatable bonds is 8. The van der Waals surface area contributed by atoms with Gasteiger partial charge in [0.25, 0.3) is 0 Å². The molecule has 0 saturated carbocycles. The summed E-state index contributed by atoms with van der Waals surface area (Å²) in [4.78, 5) is 66.5. The standard InChI is InChI=1S/C20H34O10/c1-12(2)14(15(22)25-18(3,4)5)28-27-13(21)11-20(9,10)26-16(23)17(24)29-30-19(6,7)8/h12,14H,11H2,1-10H3. The molecule has 0 bridgehead atoms. The number of hydrogen-bond donors (Lipinski definition) is 0. The lowest BCUT2D eigenvalue weighted by molar-refractivity contribution is -0.319. The van der Waals surface area contributed by atoms with Crippen molar-refractivity contribution in [2.75, 3.05) is 0 Å². The predicted molar refractivity (Wildman–Crippen MR) is 103 cm³/mol. The van der Waals surface area contributed by atoms with E-state index in [1.807, 2.05) is 0 Å². The molecule has 0 N–H and O–H groups in total.